The molecule has 0 amide bonds. The molecule has 0 saturated carbocycles. The van der Waals surface area contributed by atoms with Crippen LogP contribution in [0.4, 0.5) is 4.79 Å². The van der Waals surface area contributed by atoms with E-state index in [1.807, 2.05) is 13.0 Å². The SMILES string of the molecule is Cc1ccc2c(C(C)(C)C(=O)O)c(C(=O)c3ccc(Cl)cc3)n(C(=O)OC(C)(C)C)c2c1. The lowest BCUT2D eigenvalue weighted by atomic mass is 9.81. The second-order valence-electron chi connectivity index (χ2n) is 9.33. The fourth-order valence-electron chi connectivity index (χ4n) is 3.59. The molecule has 0 radical (unpaired) electrons. The molecule has 0 unspecified atom stereocenters. The van der Waals surface area contributed by atoms with Crippen molar-refractivity contribution in [2.75, 3.05) is 0 Å². The summed E-state index contributed by atoms with van der Waals surface area (Å²) in [5.74, 6) is -1.61. The number of hydrogen-bond acceptors (Lipinski definition) is 4. The van der Waals surface area contributed by atoms with E-state index in [2.05, 4.69) is 0 Å². The molecule has 1 N–H and O–H groups in total. The van der Waals surface area contributed by atoms with E-state index in [9.17, 15) is 19.5 Å². The van der Waals surface area contributed by atoms with Crippen molar-refractivity contribution in [3.05, 3.63) is 69.9 Å². The Balaban J connectivity index is 2.46. The molecule has 0 spiro atoms. The Morgan fingerprint density at radius 1 is 0.969 bits per heavy atom. The molecule has 7 heteroatoms. The molecule has 32 heavy (non-hydrogen) atoms. The number of hydrogen-bond donors (Lipinski definition) is 1. The molecule has 3 aromatic rings. The lowest BCUT2D eigenvalue weighted by Crippen LogP contribution is -2.33. The predicted molar refractivity (Wildman–Crippen MR) is 124 cm³/mol. The van der Waals surface area contributed by atoms with Crippen LogP contribution in [0.15, 0.2) is 42.5 Å². The minimum Gasteiger partial charge on any atom is -0.481 e. The lowest BCUT2D eigenvalue weighted by molar-refractivity contribution is -0.142. The monoisotopic (exact) mass is 455 g/mol. The molecule has 0 saturated heterocycles. The number of ether oxygens (including phenoxy) is 1. The summed E-state index contributed by atoms with van der Waals surface area (Å²) in [6, 6.07) is 11.5. The number of carbonyl (C=O) groups is 3. The molecule has 0 aliphatic heterocycles. The van der Waals surface area contributed by atoms with Gasteiger partial charge in [-0.25, -0.2) is 9.36 Å². The molecule has 6 nitrogen and oxygen atoms in total. The molecule has 0 bridgehead atoms. The van der Waals surface area contributed by atoms with Crippen molar-refractivity contribution < 1.29 is 24.2 Å². The van der Waals surface area contributed by atoms with Gasteiger partial charge in [0.2, 0.25) is 5.78 Å². The minimum absolute atomic E-state index is 0.0328. The Hall–Kier alpha value is -3.12. The Labute approximate surface area is 191 Å². The minimum atomic E-state index is -1.46. The number of nitrogens with zero attached hydrogens (tertiary/aromatic N) is 1. The summed E-state index contributed by atoms with van der Waals surface area (Å²) >= 11 is 5.98. The number of aryl methyl sites for hydroxylation is 1. The van der Waals surface area contributed by atoms with E-state index in [4.69, 9.17) is 16.3 Å². The van der Waals surface area contributed by atoms with E-state index in [1.165, 1.54) is 18.4 Å². The smallest absolute Gasteiger partial charge is 0.419 e. The third-order valence-corrected chi connectivity index (χ3v) is 5.43. The van der Waals surface area contributed by atoms with Gasteiger partial charge in [0.25, 0.3) is 0 Å². The number of carboxylic acid groups (broad SMARTS) is 1. The fourth-order valence-corrected chi connectivity index (χ4v) is 3.71. The average molecular weight is 456 g/mol. The molecule has 1 heterocycles. The van der Waals surface area contributed by atoms with Gasteiger partial charge in [0.05, 0.1) is 10.9 Å². The molecule has 3 rings (SSSR count). The first-order valence-corrected chi connectivity index (χ1v) is 10.5. The highest BCUT2D eigenvalue weighted by molar-refractivity contribution is 6.30. The van der Waals surface area contributed by atoms with Crippen LogP contribution in [0, 0.1) is 6.92 Å². The number of halogens is 1. The average Bonchev–Trinajstić information content (AvgIpc) is 3.01. The van der Waals surface area contributed by atoms with E-state index in [-0.39, 0.29) is 16.8 Å². The molecule has 0 fully saturated rings. The van der Waals surface area contributed by atoms with Crippen molar-refractivity contribution in [2.45, 2.75) is 52.6 Å². The maximum absolute atomic E-state index is 13.7. The number of ketones is 1. The van der Waals surface area contributed by atoms with Crippen LogP contribution < -0.4 is 0 Å². The molecular formula is C25H26ClNO5. The van der Waals surface area contributed by atoms with E-state index < -0.39 is 28.9 Å². The van der Waals surface area contributed by atoms with Gasteiger partial charge in [0.1, 0.15) is 11.3 Å². The quantitative estimate of drug-likeness (QED) is 0.489. The third-order valence-electron chi connectivity index (χ3n) is 5.18. The highest BCUT2D eigenvalue weighted by Crippen LogP contribution is 2.38. The van der Waals surface area contributed by atoms with Crippen molar-refractivity contribution in [3.8, 4) is 0 Å². The van der Waals surface area contributed by atoms with Crippen molar-refractivity contribution in [3.63, 3.8) is 0 Å². The second kappa shape index (κ2) is 8.10. The van der Waals surface area contributed by atoms with Crippen LogP contribution in [0.2, 0.25) is 5.02 Å². The van der Waals surface area contributed by atoms with Gasteiger partial charge >= 0.3 is 12.1 Å². The van der Waals surface area contributed by atoms with Gasteiger partial charge in [0, 0.05) is 21.5 Å². The van der Waals surface area contributed by atoms with Crippen LogP contribution in [0.1, 0.15) is 61.8 Å². The highest BCUT2D eigenvalue weighted by Gasteiger charge is 2.40. The highest BCUT2D eigenvalue weighted by atomic mass is 35.5. The van der Waals surface area contributed by atoms with E-state index in [0.29, 0.717) is 15.9 Å². The molecular weight excluding hydrogens is 430 g/mol. The van der Waals surface area contributed by atoms with Crippen LogP contribution in [0.3, 0.4) is 0 Å². The molecule has 0 aliphatic rings. The molecule has 0 atom stereocenters. The zero-order valence-electron chi connectivity index (χ0n) is 18.9. The first-order valence-electron chi connectivity index (χ1n) is 10.2. The van der Waals surface area contributed by atoms with Crippen LogP contribution in [-0.4, -0.2) is 33.1 Å². The standard InChI is InChI=1S/C25H26ClNO5/c1-14-7-12-17-18(13-14)27(23(31)32-24(2,3)4)20(19(17)25(5,6)22(29)30)21(28)15-8-10-16(26)11-9-15/h7-13H,1-6H3,(H,29,30). The zero-order chi connectivity index (χ0) is 24.0. The molecule has 0 aliphatic carbocycles. The molecule has 168 valence electrons. The van der Waals surface area contributed by atoms with Gasteiger partial charge in [0.15, 0.2) is 0 Å². The largest absolute Gasteiger partial charge is 0.481 e. The van der Waals surface area contributed by atoms with Gasteiger partial charge in [-0.1, -0.05) is 23.7 Å². The summed E-state index contributed by atoms with van der Waals surface area (Å²) in [7, 11) is 0. The van der Waals surface area contributed by atoms with Crippen molar-refractivity contribution in [1.29, 1.82) is 0 Å². The van der Waals surface area contributed by atoms with Crippen LogP contribution in [0.25, 0.3) is 10.9 Å². The van der Waals surface area contributed by atoms with Crippen LogP contribution in [-0.2, 0) is 14.9 Å². The summed E-state index contributed by atoms with van der Waals surface area (Å²) in [6.07, 6.45) is -0.752. The summed E-state index contributed by atoms with van der Waals surface area (Å²) < 4.78 is 6.81. The van der Waals surface area contributed by atoms with E-state index >= 15 is 0 Å². The molecule has 1 aromatic heterocycles. The summed E-state index contributed by atoms with van der Waals surface area (Å²) in [5.41, 5.74) is -0.508. The maximum Gasteiger partial charge on any atom is 0.419 e. The Morgan fingerprint density at radius 2 is 1.56 bits per heavy atom. The van der Waals surface area contributed by atoms with Crippen molar-refractivity contribution in [2.24, 2.45) is 0 Å². The lowest BCUT2D eigenvalue weighted by Gasteiger charge is -2.23. The van der Waals surface area contributed by atoms with Crippen LogP contribution in [0.5, 0.6) is 0 Å². The van der Waals surface area contributed by atoms with E-state index in [0.717, 1.165) is 5.56 Å². The van der Waals surface area contributed by atoms with E-state index in [1.54, 1.807) is 57.2 Å². The number of carboxylic acids is 1. The topological polar surface area (TPSA) is 85.6 Å². The number of rotatable bonds is 4. The maximum atomic E-state index is 13.7. The summed E-state index contributed by atoms with van der Waals surface area (Å²) in [6.45, 7) is 10.1. The van der Waals surface area contributed by atoms with Gasteiger partial charge in [-0.05, 0) is 77.4 Å². The second-order valence-corrected chi connectivity index (χ2v) is 9.76. The first kappa shape index (κ1) is 23.5. The summed E-state index contributed by atoms with van der Waals surface area (Å²) in [5, 5.41) is 11.0. The van der Waals surface area contributed by atoms with Gasteiger partial charge in [-0.2, -0.15) is 0 Å². The Morgan fingerprint density at radius 3 is 2.09 bits per heavy atom. The number of carbonyl (C=O) groups excluding carboxylic acids is 2. The normalized spacial score (nSPS) is 12.1. The van der Waals surface area contributed by atoms with Gasteiger partial charge in [-0.15, -0.1) is 0 Å². The first-order chi connectivity index (χ1) is 14.7. The van der Waals surface area contributed by atoms with Crippen LogP contribution >= 0.6 is 11.6 Å². The third kappa shape index (κ3) is 4.28. The number of aromatic nitrogens is 1. The van der Waals surface area contributed by atoms with Gasteiger partial charge < -0.3 is 9.84 Å². The number of aliphatic carboxylic acids is 1. The van der Waals surface area contributed by atoms with Gasteiger partial charge in [-0.3, -0.25) is 9.59 Å². The Bertz CT molecular complexity index is 1230. The van der Waals surface area contributed by atoms with Crippen molar-refractivity contribution >= 4 is 40.3 Å². The predicted octanol–water partition coefficient (Wildman–Crippen LogP) is 5.98. The molecule has 2 aromatic carbocycles. The zero-order valence-corrected chi connectivity index (χ0v) is 19.7. The van der Waals surface area contributed by atoms with Crippen molar-refractivity contribution in [1.82, 2.24) is 4.57 Å². The summed E-state index contributed by atoms with van der Waals surface area (Å²) in [4.78, 5) is 39.3. The number of benzene rings is 2. The fraction of sp³-hybridized carbons (Fsp3) is 0.320. The Kier molecular flexibility index (Phi) is 5.96. The number of fused-ring (bicyclic) bond motifs is 1.